The summed E-state index contributed by atoms with van der Waals surface area (Å²) in [5.41, 5.74) is 1.60. The molecule has 0 atom stereocenters. The number of carbonyl (C=O) groups excluding carboxylic acids is 1. The molecule has 0 radical (unpaired) electrons. The maximum Gasteiger partial charge on any atom is 0.228 e. The van der Waals surface area contributed by atoms with E-state index in [0.29, 0.717) is 17.6 Å². The van der Waals surface area contributed by atoms with Crippen molar-refractivity contribution < 1.29 is 13.9 Å². The van der Waals surface area contributed by atoms with Crippen molar-refractivity contribution in [3.8, 4) is 11.3 Å². The minimum absolute atomic E-state index is 0.0402. The Labute approximate surface area is 174 Å². The molecule has 1 aliphatic carbocycles. The summed E-state index contributed by atoms with van der Waals surface area (Å²) in [4.78, 5) is 28.1. The topological polar surface area (TPSA) is 93.4 Å². The number of hydrogen-bond acceptors (Lipinski definition) is 7. The molecule has 4 heterocycles. The predicted molar refractivity (Wildman–Crippen MR) is 112 cm³/mol. The first kappa shape index (κ1) is 19.1. The number of nitrogens with one attached hydrogen (secondary N) is 1. The van der Waals surface area contributed by atoms with E-state index >= 15 is 0 Å². The molecular formula is C22H25N5O3. The van der Waals surface area contributed by atoms with Crippen LogP contribution in [0.4, 0.5) is 5.82 Å². The van der Waals surface area contributed by atoms with Crippen molar-refractivity contribution in [3.05, 3.63) is 37.1 Å². The molecule has 156 valence electrons. The van der Waals surface area contributed by atoms with Crippen LogP contribution in [0.25, 0.3) is 22.2 Å². The second kappa shape index (κ2) is 8.49. The normalized spacial score (nSPS) is 22.8. The van der Waals surface area contributed by atoms with Crippen LogP contribution in [-0.4, -0.2) is 58.1 Å². The van der Waals surface area contributed by atoms with Gasteiger partial charge in [0.2, 0.25) is 5.91 Å². The molecule has 0 bridgehead atoms. The lowest BCUT2D eigenvalue weighted by Crippen LogP contribution is -2.45. The molecule has 0 spiro atoms. The summed E-state index contributed by atoms with van der Waals surface area (Å²) in [6.07, 6.45) is 10.4. The molecular weight excluding hydrogens is 382 g/mol. The number of morpholine rings is 1. The third-order valence-electron chi connectivity index (χ3n) is 6.17. The van der Waals surface area contributed by atoms with Crippen molar-refractivity contribution >= 4 is 22.6 Å². The highest BCUT2D eigenvalue weighted by molar-refractivity contribution is 5.94. The number of fused-ring (bicyclic) bond motifs is 1. The van der Waals surface area contributed by atoms with Gasteiger partial charge in [-0.15, -0.1) is 0 Å². The Balaban J connectivity index is 1.23. The lowest BCUT2D eigenvalue weighted by atomic mass is 9.84. The van der Waals surface area contributed by atoms with E-state index in [9.17, 15) is 4.79 Å². The van der Waals surface area contributed by atoms with Crippen LogP contribution in [0.5, 0.6) is 0 Å². The molecule has 1 N–H and O–H groups in total. The SMILES string of the molecule is O=C(Nc1cc2cc(-c3cnco3)cnc2cn1)C1CCC(N2CCOCC2)CC1. The van der Waals surface area contributed by atoms with Gasteiger partial charge in [0.15, 0.2) is 12.2 Å². The van der Waals surface area contributed by atoms with Crippen LogP contribution in [0.2, 0.25) is 0 Å². The van der Waals surface area contributed by atoms with Crippen LogP contribution in [0, 0.1) is 5.92 Å². The lowest BCUT2D eigenvalue weighted by molar-refractivity contribution is -0.121. The zero-order valence-corrected chi connectivity index (χ0v) is 16.8. The van der Waals surface area contributed by atoms with Gasteiger partial charge in [0.25, 0.3) is 0 Å². The van der Waals surface area contributed by atoms with E-state index in [4.69, 9.17) is 9.15 Å². The molecule has 1 saturated carbocycles. The first-order chi connectivity index (χ1) is 14.8. The lowest BCUT2D eigenvalue weighted by Gasteiger charge is -2.38. The molecule has 2 aliphatic rings. The van der Waals surface area contributed by atoms with Crippen LogP contribution < -0.4 is 5.32 Å². The standard InChI is InChI=1S/C22H25N5O3/c28-22(15-1-3-18(4-2-15)27-5-7-29-8-6-27)26-21-10-16-9-17(20-13-23-14-30-20)11-24-19(16)12-25-21/h9-15,18H,1-8H2,(H,25,26,28). The molecule has 1 amide bonds. The monoisotopic (exact) mass is 407 g/mol. The number of pyridine rings is 2. The zero-order chi connectivity index (χ0) is 20.3. The summed E-state index contributed by atoms with van der Waals surface area (Å²) in [6.45, 7) is 3.65. The first-order valence-electron chi connectivity index (χ1n) is 10.5. The fourth-order valence-electron chi connectivity index (χ4n) is 4.47. The average Bonchev–Trinajstić information content (AvgIpc) is 3.34. The number of anilines is 1. The highest BCUT2D eigenvalue weighted by atomic mass is 16.5. The molecule has 8 nitrogen and oxygen atoms in total. The Kier molecular flexibility index (Phi) is 5.42. The summed E-state index contributed by atoms with van der Waals surface area (Å²) in [5.74, 6) is 1.31. The van der Waals surface area contributed by atoms with E-state index in [1.807, 2.05) is 12.1 Å². The Bertz CT molecular complexity index is 1010. The molecule has 8 heteroatoms. The number of aromatic nitrogens is 3. The van der Waals surface area contributed by atoms with Gasteiger partial charge in [-0.05, 0) is 37.8 Å². The minimum atomic E-state index is 0.0402. The van der Waals surface area contributed by atoms with Gasteiger partial charge in [-0.2, -0.15) is 0 Å². The van der Waals surface area contributed by atoms with Crippen molar-refractivity contribution in [2.45, 2.75) is 31.7 Å². The number of oxazole rings is 1. The molecule has 0 unspecified atom stereocenters. The molecule has 2 fully saturated rings. The van der Waals surface area contributed by atoms with Crippen molar-refractivity contribution in [3.63, 3.8) is 0 Å². The maximum absolute atomic E-state index is 12.8. The number of rotatable bonds is 4. The van der Waals surface area contributed by atoms with Gasteiger partial charge >= 0.3 is 0 Å². The number of amides is 1. The summed E-state index contributed by atoms with van der Waals surface area (Å²) >= 11 is 0. The van der Waals surface area contributed by atoms with E-state index in [-0.39, 0.29) is 11.8 Å². The van der Waals surface area contributed by atoms with Gasteiger partial charge in [-0.3, -0.25) is 14.7 Å². The van der Waals surface area contributed by atoms with E-state index in [0.717, 1.165) is 68.5 Å². The largest absolute Gasteiger partial charge is 0.443 e. The van der Waals surface area contributed by atoms with Crippen LogP contribution in [0.3, 0.4) is 0 Å². The fourth-order valence-corrected chi connectivity index (χ4v) is 4.47. The van der Waals surface area contributed by atoms with Gasteiger partial charge in [0.05, 0.1) is 31.1 Å². The molecule has 3 aromatic rings. The number of nitrogens with zero attached hydrogens (tertiary/aromatic N) is 4. The Hall–Kier alpha value is -2.84. The van der Waals surface area contributed by atoms with Crippen molar-refractivity contribution in [2.24, 2.45) is 5.92 Å². The fraction of sp³-hybridized carbons (Fsp3) is 0.455. The number of carbonyl (C=O) groups is 1. The van der Waals surface area contributed by atoms with Gasteiger partial charge < -0.3 is 14.5 Å². The molecule has 5 rings (SSSR count). The van der Waals surface area contributed by atoms with Gasteiger partial charge in [0, 0.05) is 42.2 Å². The van der Waals surface area contributed by atoms with Gasteiger partial charge in [-0.1, -0.05) is 0 Å². The number of ether oxygens (including phenoxy) is 1. The Morgan fingerprint density at radius 1 is 1.03 bits per heavy atom. The quantitative estimate of drug-likeness (QED) is 0.710. The molecule has 3 aromatic heterocycles. The number of hydrogen-bond donors (Lipinski definition) is 1. The van der Waals surface area contributed by atoms with Crippen LogP contribution >= 0.6 is 0 Å². The molecule has 1 saturated heterocycles. The molecule has 30 heavy (non-hydrogen) atoms. The van der Waals surface area contributed by atoms with Gasteiger partial charge in [-0.25, -0.2) is 9.97 Å². The second-order valence-corrected chi connectivity index (χ2v) is 7.99. The summed E-state index contributed by atoms with van der Waals surface area (Å²) in [5, 5.41) is 3.90. The van der Waals surface area contributed by atoms with E-state index in [1.54, 1.807) is 18.6 Å². The van der Waals surface area contributed by atoms with Crippen LogP contribution in [0.1, 0.15) is 25.7 Å². The van der Waals surface area contributed by atoms with E-state index in [1.165, 1.54) is 6.39 Å². The summed E-state index contributed by atoms with van der Waals surface area (Å²) in [6, 6.07) is 4.41. The Morgan fingerprint density at radius 2 is 1.87 bits per heavy atom. The van der Waals surface area contributed by atoms with Crippen LogP contribution in [-0.2, 0) is 9.53 Å². The van der Waals surface area contributed by atoms with Gasteiger partial charge in [0.1, 0.15) is 5.82 Å². The van der Waals surface area contributed by atoms with E-state index in [2.05, 4.69) is 25.2 Å². The van der Waals surface area contributed by atoms with Crippen LogP contribution in [0.15, 0.2) is 41.5 Å². The minimum Gasteiger partial charge on any atom is -0.443 e. The highest BCUT2D eigenvalue weighted by Gasteiger charge is 2.30. The highest BCUT2D eigenvalue weighted by Crippen LogP contribution is 2.29. The molecule has 1 aliphatic heterocycles. The first-order valence-corrected chi connectivity index (χ1v) is 10.5. The second-order valence-electron chi connectivity index (χ2n) is 7.99. The third-order valence-corrected chi connectivity index (χ3v) is 6.17. The Morgan fingerprint density at radius 3 is 2.63 bits per heavy atom. The molecule has 0 aromatic carbocycles. The zero-order valence-electron chi connectivity index (χ0n) is 16.8. The van der Waals surface area contributed by atoms with Crippen molar-refractivity contribution in [1.82, 2.24) is 19.9 Å². The average molecular weight is 407 g/mol. The van der Waals surface area contributed by atoms with Crippen molar-refractivity contribution in [2.75, 3.05) is 31.6 Å². The van der Waals surface area contributed by atoms with Crippen molar-refractivity contribution in [1.29, 1.82) is 0 Å². The smallest absolute Gasteiger partial charge is 0.228 e. The predicted octanol–water partition coefficient (Wildman–Crippen LogP) is 3.11. The van der Waals surface area contributed by atoms with E-state index < -0.39 is 0 Å². The maximum atomic E-state index is 12.8. The summed E-state index contributed by atoms with van der Waals surface area (Å²) in [7, 11) is 0. The summed E-state index contributed by atoms with van der Waals surface area (Å²) < 4.78 is 10.8. The third kappa shape index (κ3) is 4.06.